The summed E-state index contributed by atoms with van der Waals surface area (Å²) in [5.74, 6) is 2.38. The van der Waals surface area contributed by atoms with E-state index in [0.29, 0.717) is 0 Å². The van der Waals surface area contributed by atoms with Crippen molar-refractivity contribution in [2.75, 3.05) is 6.54 Å². The molecular weight excluding hydrogens is 174 g/mol. The van der Waals surface area contributed by atoms with Gasteiger partial charge in [0.15, 0.2) is 0 Å². The highest BCUT2D eigenvalue weighted by molar-refractivity contribution is 5.92. The topological polar surface area (TPSA) is 32.6 Å². The van der Waals surface area contributed by atoms with Gasteiger partial charge >= 0.3 is 0 Å². The lowest BCUT2D eigenvalue weighted by Crippen LogP contribution is -2.36. The Morgan fingerprint density at radius 3 is 2.50 bits per heavy atom. The normalized spacial score (nSPS) is 22.7. The van der Waals surface area contributed by atoms with Crippen molar-refractivity contribution in [1.82, 2.24) is 0 Å². The van der Waals surface area contributed by atoms with Gasteiger partial charge in [-0.25, -0.2) is 0 Å². The summed E-state index contributed by atoms with van der Waals surface area (Å²) < 4.78 is 0. The van der Waals surface area contributed by atoms with Gasteiger partial charge in [0.1, 0.15) is 6.10 Å². The fourth-order valence-electron chi connectivity index (χ4n) is 1.67. The largest absolute Gasteiger partial charge is 0.379 e. The van der Waals surface area contributed by atoms with Crippen molar-refractivity contribution in [2.45, 2.75) is 40.2 Å². The van der Waals surface area contributed by atoms with E-state index in [-0.39, 0.29) is 10.8 Å². The van der Waals surface area contributed by atoms with Crippen LogP contribution in [-0.4, -0.2) is 23.5 Å². The Kier molecular flexibility index (Phi) is 2.74. The highest BCUT2D eigenvalue weighted by atomic mass is 16.3. The lowest BCUT2D eigenvalue weighted by molar-refractivity contribution is 0.146. The Hall–Kier alpha value is -0.810. The SMILES string of the molecule is C#CC(O)C(C)(C)C1=NCC(C)(C)C1. The van der Waals surface area contributed by atoms with Crippen molar-refractivity contribution in [3.8, 4) is 12.3 Å². The fraction of sp³-hybridized carbons (Fsp3) is 0.750. The van der Waals surface area contributed by atoms with E-state index in [9.17, 15) is 5.11 Å². The zero-order valence-electron chi connectivity index (χ0n) is 9.46. The van der Waals surface area contributed by atoms with Crippen molar-refractivity contribution in [2.24, 2.45) is 15.8 Å². The van der Waals surface area contributed by atoms with Gasteiger partial charge in [0, 0.05) is 17.7 Å². The van der Waals surface area contributed by atoms with E-state index in [1.54, 1.807) is 0 Å². The first-order chi connectivity index (χ1) is 6.29. The molecule has 14 heavy (non-hydrogen) atoms. The molecule has 2 nitrogen and oxygen atoms in total. The minimum absolute atomic E-state index is 0.223. The van der Waals surface area contributed by atoms with E-state index in [1.165, 1.54) is 0 Å². The van der Waals surface area contributed by atoms with E-state index in [0.717, 1.165) is 18.7 Å². The maximum absolute atomic E-state index is 9.70. The molecule has 0 fully saturated rings. The summed E-state index contributed by atoms with van der Waals surface area (Å²) in [5.41, 5.74) is 0.886. The number of hydrogen-bond donors (Lipinski definition) is 1. The molecule has 0 aliphatic carbocycles. The predicted octanol–water partition coefficient (Wildman–Crippen LogP) is 1.88. The molecule has 0 spiro atoms. The van der Waals surface area contributed by atoms with Gasteiger partial charge in [0.2, 0.25) is 0 Å². The highest BCUT2D eigenvalue weighted by Gasteiger charge is 2.38. The van der Waals surface area contributed by atoms with Crippen molar-refractivity contribution in [1.29, 1.82) is 0 Å². The summed E-state index contributed by atoms with van der Waals surface area (Å²) in [6.07, 6.45) is 5.43. The van der Waals surface area contributed by atoms with Crippen LogP contribution < -0.4 is 0 Å². The van der Waals surface area contributed by atoms with Crippen LogP contribution in [0.1, 0.15) is 34.1 Å². The number of hydrogen-bond acceptors (Lipinski definition) is 2. The molecule has 1 unspecified atom stereocenters. The van der Waals surface area contributed by atoms with Crippen molar-refractivity contribution >= 4 is 5.71 Å². The molecule has 0 aromatic carbocycles. The molecule has 0 saturated heterocycles. The average molecular weight is 193 g/mol. The molecule has 1 aliphatic rings. The molecule has 1 atom stereocenters. The summed E-state index contributed by atoms with van der Waals surface area (Å²) in [6.45, 7) is 9.11. The molecule has 1 N–H and O–H groups in total. The number of rotatable bonds is 2. The molecule has 0 aromatic rings. The van der Waals surface area contributed by atoms with Gasteiger partial charge in [-0.2, -0.15) is 0 Å². The number of aliphatic hydroxyl groups excluding tert-OH is 1. The Labute approximate surface area is 86.4 Å². The van der Waals surface area contributed by atoms with Gasteiger partial charge in [-0.15, -0.1) is 6.42 Å². The molecule has 1 aliphatic heterocycles. The summed E-state index contributed by atoms with van der Waals surface area (Å²) in [4.78, 5) is 4.49. The highest BCUT2D eigenvalue weighted by Crippen LogP contribution is 2.36. The second-order valence-electron chi connectivity index (χ2n) is 5.39. The van der Waals surface area contributed by atoms with Crippen LogP contribution in [0.3, 0.4) is 0 Å². The molecule has 0 aromatic heterocycles. The molecule has 0 bridgehead atoms. The van der Waals surface area contributed by atoms with Crippen LogP contribution in [0.4, 0.5) is 0 Å². The van der Waals surface area contributed by atoms with Gasteiger partial charge < -0.3 is 5.11 Å². The maximum Gasteiger partial charge on any atom is 0.124 e. The van der Waals surface area contributed by atoms with E-state index in [4.69, 9.17) is 6.42 Å². The van der Waals surface area contributed by atoms with Crippen molar-refractivity contribution in [3.63, 3.8) is 0 Å². The predicted molar refractivity (Wildman–Crippen MR) is 59.3 cm³/mol. The molecule has 1 rings (SSSR count). The Morgan fingerprint density at radius 2 is 2.14 bits per heavy atom. The summed E-state index contributed by atoms with van der Waals surface area (Å²) in [5, 5.41) is 9.70. The lowest BCUT2D eigenvalue weighted by Gasteiger charge is -2.28. The van der Waals surface area contributed by atoms with Crippen LogP contribution in [0, 0.1) is 23.2 Å². The van der Waals surface area contributed by atoms with E-state index >= 15 is 0 Å². The molecule has 0 saturated carbocycles. The average Bonchev–Trinajstić information content (AvgIpc) is 2.45. The number of nitrogens with zero attached hydrogens (tertiary/aromatic N) is 1. The second kappa shape index (κ2) is 3.40. The van der Waals surface area contributed by atoms with Crippen LogP contribution in [0.15, 0.2) is 4.99 Å². The Balaban J connectivity index is 2.82. The molecular formula is C12H19NO. The second-order valence-corrected chi connectivity index (χ2v) is 5.39. The summed E-state index contributed by atoms with van der Waals surface area (Å²) in [6, 6.07) is 0. The molecule has 2 heteroatoms. The smallest absolute Gasteiger partial charge is 0.124 e. The monoisotopic (exact) mass is 193 g/mol. The Morgan fingerprint density at radius 1 is 1.57 bits per heavy atom. The first-order valence-corrected chi connectivity index (χ1v) is 4.97. The number of aliphatic hydroxyl groups is 1. The first-order valence-electron chi connectivity index (χ1n) is 4.97. The van der Waals surface area contributed by atoms with Crippen molar-refractivity contribution < 1.29 is 5.11 Å². The van der Waals surface area contributed by atoms with Crippen LogP contribution in [-0.2, 0) is 0 Å². The van der Waals surface area contributed by atoms with Gasteiger partial charge in [0.05, 0.1) is 0 Å². The van der Waals surface area contributed by atoms with Crippen LogP contribution in [0.2, 0.25) is 0 Å². The zero-order valence-corrected chi connectivity index (χ0v) is 9.46. The third-order valence-electron chi connectivity index (χ3n) is 2.93. The lowest BCUT2D eigenvalue weighted by atomic mass is 9.76. The summed E-state index contributed by atoms with van der Waals surface area (Å²) in [7, 11) is 0. The summed E-state index contributed by atoms with van der Waals surface area (Å²) >= 11 is 0. The maximum atomic E-state index is 9.70. The standard InChI is InChI=1S/C12H19NO/c1-6-10(14)12(4,5)9-7-11(2,3)8-13-9/h1,10,14H,7-8H2,2-5H3. The third-order valence-corrected chi connectivity index (χ3v) is 2.93. The quantitative estimate of drug-likeness (QED) is 0.667. The molecule has 0 amide bonds. The van der Waals surface area contributed by atoms with Crippen LogP contribution in [0.5, 0.6) is 0 Å². The van der Waals surface area contributed by atoms with Crippen LogP contribution >= 0.6 is 0 Å². The van der Waals surface area contributed by atoms with E-state index < -0.39 is 6.10 Å². The van der Waals surface area contributed by atoms with Crippen LogP contribution in [0.25, 0.3) is 0 Å². The number of aliphatic imine (C=N–C) groups is 1. The fourth-order valence-corrected chi connectivity index (χ4v) is 1.67. The van der Waals surface area contributed by atoms with Crippen molar-refractivity contribution in [3.05, 3.63) is 0 Å². The third kappa shape index (κ3) is 1.99. The molecule has 78 valence electrons. The van der Waals surface area contributed by atoms with E-state index in [2.05, 4.69) is 24.8 Å². The van der Waals surface area contributed by atoms with E-state index in [1.807, 2.05) is 13.8 Å². The minimum atomic E-state index is -0.741. The zero-order chi connectivity index (χ0) is 11.0. The Bertz CT molecular complexity index is 294. The van der Waals surface area contributed by atoms with Gasteiger partial charge in [-0.3, -0.25) is 4.99 Å². The molecule has 1 heterocycles. The molecule has 0 radical (unpaired) electrons. The van der Waals surface area contributed by atoms with Gasteiger partial charge in [-0.1, -0.05) is 33.6 Å². The minimum Gasteiger partial charge on any atom is -0.379 e. The first kappa shape index (κ1) is 11.3. The van der Waals surface area contributed by atoms with Gasteiger partial charge in [-0.05, 0) is 11.8 Å². The van der Waals surface area contributed by atoms with Gasteiger partial charge in [0.25, 0.3) is 0 Å². The number of terminal acetylenes is 1.